The molecule has 0 fully saturated rings. The van der Waals surface area contributed by atoms with Gasteiger partial charge in [-0.25, -0.2) is 0 Å². The van der Waals surface area contributed by atoms with Gasteiger partial charge in [0.05, 0.1) is 10.5 Å². The van der Waals surface area contributed by atoms with Crippen molar-refractivity contribution in [2.75, 3.05) is 0 Å². The van der Waals surface area contributed by atoms with Crippen LogP contribution in [0.25, 0.3) is 10.4 Å². The number of aromatic nitrogens is 1. The second-order valence-electron chi connectivity index (χ2n) is 4.89. The first-order valence-electron chi connectivity index (χ1n) is 6.86. The highest BCUT2D eigenvalue weighted by atomic mass is 32.1. The van der Waals surface area contributed by atoms with Crippen LogP contribution in [0.4, 0.5) is 18.9 Å². The van der Waals surface area contributed by atoms with E-state index in [2.05, 4.69) is 4.98 Å². The van der Waals surface area contributed by atoms with E-state index in [0.717, 1.165) is 12.8 Å². The lowest BCUT2D eigenvalue weighted by molar-refractivity contribution is -0.387. The molecule has 22 heavy (non-hydrogen) atoms. The molecule has 0 saturated carbocycles. The van der Waals surface area contributed by atoms with Gasteiger partial charge in [0.2, 0.25) is 0 Å². The molecule has 0 amide bonds. The molecule has 0 aromatic carbocycles. The molecule has 0 unspecified atom stereocenters. The van der Waals surface area contributed by atoms with Crippen molar-refractivity contribution in [2.45, 2.75) is 38.8 Å². The van der Waals surface area contributed by atoms with Gasteiger partial charge in [0, 0.05) is 10.6 Å². The van der Waals surface area contributed by atoms with Crippen LogP contribution in [0.15, 0.2) is 17.5 Å². The molecule has 0 bridgehead atoms. The van der Waals surface area contributed by atoms with Crippen molar-refractivity contribution < 1.29 is 18.1 Å². The summed E-state index contributed by atoms with van der Waals surface area (Å²) in [5.41, 5.74) is -1.78. The molecule has 0 saturated heterocycles. The highest BCUT2D eigenvalue weighted by Gasteiger charge is 2.44. The van der Waals surface area contributed by atoms with Gasteiger partial charge < -0.3 is 4.98 Å². The molecule has 4 nitrogen and oxygen atoms in total. The molecule has 0 atom stereocenters. The smallest absolute Gasteiger partial charge is 0.348 e. The van der Waals surface area contributed by atoms with E-state index in [-0.39, 0.29) is 11.3 Å². The number of nitro groups is 1. The topological polar surface area (TPSA) is 58.9 Å². The lowest BCUT2D eigenvalue weighted by Crippen LogP contribution is -2.08. The number of unbranched alkanes of at least 4 members (excludes halogenated alkanes) is 2. The van der Waals surface area contributed by atoms with Crippen LogP contribution in [0.5, 0.6) is 0 Å². The van der Waals surface area contributed by atoms with E-state index in [1.165, 1.54) is 11.3 Å². The molecular weight excluding hydrogens is 317 g/mol. The molecule has 0 aliphatic carbocycles. The van der Waals surface area contributed by atoms with Gasteiger partial charge in [-0.3, -0.25) is 10.1 Å². The summed E-state index contributed by atoms with van der Waals surface area (Å²) in [5.74, 6) is 0. The minimum atomic E-state index is -4.78. The average molecular weight is 332 g/mol. The van der Waals surface area contributed by atoms with Crippen molar-refractivity contribution >= 4 is 17.0 Å². The number of nitrogens with zero attached hydrogens (tertiary/aromatic N) is 1. The number of halogens is 3. The monoisotopic (exact) mass is 332 g/mol. The summed E-state index contributed by atoms with van der Waals surface area (Å²) in [6.45, 7) is 1.98. The number of alkyl halides is 3. The van der Waals surface area contributed by atoms with Crippen LogP contribution in [0.1, 0.15) is 37.6 Å². The number of aryl methyl sites for hydroxylation is 1. The maximum Gasteiger partial charge on any atom is 0.438 e. The molecule has 0 aliphatic heterocycles. The Balaban J connectivity index is 2.59. The molecule has 1 N–H and O–H groups in total. The van der Waals surface area contributed by atoms with E-state index in [9.17, 15) is 23.3 Å². The lowest BCUT2D eigenvalue weighted by Gasteiger charge is -2.02. The third-order valence-corrected chi connectivity index (χ3v) is 4.20. The van der Waals surface area contributed by atoms with E-state index in [1.807, 2.05) is 6.92 Å². The van der Waals surface area contributed by atoms with E-state index >= 15 is 0 Å². The van der Waals surface area contributed by atoms with Gasteiger partial charge in [0.15, 0.2) is 5.69 Å². The normalized spacial score (nSPS) is 11.8. The van der Waals surface area contributed by atoms with Crippen LogP contribution in [0.3, 0.4) is 0 Å². The molecule has 120 valence electrons. The highest BCUT2D eigenvalue weighted by Crippen LogP contribution is 2.45. The number of H-pyrrole nitrogens is 1. The molecule has 2 aromatic heterocycles. The standard InChI is InChI=1S/C14H15F3N2O2S/c1-2-3-4-6-9-11(10-7-5-8-22-10)12(19(20)21)13(18-9)14(15,16)17/h5,7-8,18H,2-4,6H2,1H3. The number of aromatic amines is 1. The number of rotatable bonds is 6. The average Bonchev–Trinajstić information content (AvgIpc) is 3.04. The summed E-state index contributed by atoms with van der Waals surface area (Å²) in [5, 5.41) is 12.9. The summed E-state index contributed by atoms with van der Waals surface area (Å²) in [7, 11) is 0. The first-order valence-corrected chi connectivity index (χ1v) is 7.74. The quantitative estimate of drug-likeness (QED) is 0.437. The number of hydrogen-bond acceptors (Lipinski definition) is 3. The molecular formula is C14H15F3N2O2S. The summed E-state index contributed by atoms with van der Waals surface area (Å²) in [6, 6.07) is 3.27. The van der Waals surface area contributed by atoms with E-state index in [1.54, 1.807) is 17.5 Å². The Morgan fingerprint density at radius 2 is 2.09 bits per heavy atom. The van der Waals surface area contributed by atoms with Crippen LogP contribution in [-0.4, -0.2) is 9.91 Å². The first-order chi connectivity index (χ1) is 10.4. The van der Waals surface area contributed by atoms with Crippen LogP contribution in [0.2, 0.25) is 0 Å². The largest absolute Gasteiger partial charge is 0.438 e. The Hall–Kier alpha value is -1.83. The van der Waals surface area contributed by atoms with Crippen molar-refractivity contribution in [2.24, 2.45) is 0 Å². The summed E-state index contributed by atoms with van der Waals surface area (Å²) >= 11 is 1.19. The summed E-state index contributed by atoms with van der Waals surface area (Å²) in [4.78, 5) is 13.0. The van der Waals surface area contributed by atoms with Crippen LogP contribution < -0.4 is 0 Å². The van der Waals surface area contributed by atoms with Crippen molar-refractivity contribution in [1.82, 2.24) is 4.98 Å². The van der Waals surface area contributed by atoms with E-state index in [4.69, 9.17) is 0 Å². The van der Waals surface area contributed by atoms with Gasteiger partial charge in [-0.2, -0.15) is 13.2 Å². The fourth-order valence-electron chi connectivity index (χ4n) is 2.35. The second kappa shape index (κ2) is 6.51. The first kappa shape index (κ1) is 16.5. The zero-order valence-electron chi connectivity index (χ0n) is 11.9. The zero-order chi connectivity index (χ0) is 16.3. The fourth-order valence-corrected chi connectivity index (χ4v) is 3.15. The molecule has 0 spiro atoms. The Labute approximate surface area is 129 Å². The van der Waals surface area contributed by atoms with Crippen LogP contribution >= 0.6 is 11.3 Å². The van der Waals surface area contributed by atoms with Gasteiger partial charge in [0.25, 0.3) is 0 Å². The fraction of sp³-hybridized carbons (Fsp3) is 0.429. The molecule has 0 aliphatic rings. The molecule has 2 heterocycles. The third kappa shape index (κ3) is 3.32. The Morgan fingerprint density at radius 1 is 1.36 bits per heavy atom. The van der Waals surface area contributed by atoms with Gasteiger partial charge in [-0.15, -0.1) is 11.3 Å². The third-order valence-electron chi connectivity index (χ3n) is 3.32. The minimum Gasteiger partial charge on any atom is -0.348 e. The van der Waals surface area contributed by atoms with E-state index < -0.39 is 22.5 Å². The molecule has 2 rings (SSSR count). The Morgan fingerprint density at radius 3 is 2.59 bits per heavy atom. The predicted molar refractivity (Wildman–Crippen MR) is 79.0 cm³/mol. The van der Waals surface area contributed by atoms with E-state index in [0.29, 0.717) is 17.7 Å². The molecule has 8 heteroatoms. The number of thiophene rings is 1. The SMILES string of the molecule is CCCCCc1[nH]c(C(F)(F)F)c([N+](=O)[O-])c1-c1cccs1. The van der Waals surface area contributed by atoms with Crippen molar-refractivity contribution in [3.8, 4) is 10.4 Å². The predicted octanol–water partition coefficient (Wildman–Crippen LogP) is 5.40. The summed E-state index contributed by atoms with van der Waals surface area (Å²) < 4.78 is 39.3. The van der Waals surface area contributed by atoms with Crippen LogP contribution in [-0.2, 0) is 12.6 Å². The van der Waals surface area contributed by atoms with Crippen LogP contribution in [0, 0.1) is 10.1 Å². The molecule has 0 radical (unpaired) electrons. The van der Waals surface area contributed by atoms with Crippen molar-refractivity contribution in [1.29, 1.82) is 0 Å². The zero-order valence-corrected chi connectivity index (χ0v) is 12.7. The van der Waals surface area contributed by atoms with Crippen molar-refractivity contribution in [3.63, 3.8) is 0 Å². The maximum atomic E-state index is 13.1. The molecule has 2 aromatic rings. The highest BCUT2D eigenvalue weighted by molar-refractivity contribution is 7.13. The van der Waals surface area contributed by atoms with Gasteiger partial charge in [-0.1, -0.05) is 25.8 Å². The number of hydrogen-bond donors (Lipinski definition) is 1. The van der Waals surface area contributed by atoms with Crippen molar-refractivity contribution in [3.05, 3.63) is 39.0 Å². The minimum absolute atomic E-state index is 0.0726. The Kier molecular flexibility index (Phi) is 4.90. The summed E-state index contributed by atoms with van der Waals surface area (Å²) in [6.07, 6.45) is -1.96. The second-order valence-corrected chi connectivity index (χ2v) is 5.84. The van der Waals surface area contributed by atoms with Gasteiger partial charge in [0.1, 0.15) is 0 Å². The van der Waals surface area contributed by atoms with Gasteiger partial charge in [-0.05, 0) is 24.3 Å². The Bertz CT molecular complexity index is 648. The maximum absolute atomic E-state index is 13.1. The lowest BCUT2D eigenvalue weighted by atomic mass is 10.1. The number of nitrogens with one attached hydrogen (secondary N) is 1. The van der Waals surface area contributed by atoms with Gasteiger partial charge >= 0.3 is 11.9 Å².